The van der Waals surface area contributed by atoms with Gasteiger partial charge >= 0.3 is 0 Å². The average Bonchev–Trinajstić information content (AvgIpc) is 2.68. The van der Waals surface area contributed by atoms with Crippen molar-refractivity contribution >= 4 is 17.6 Å². The van der Waals surface area contributed by atoms with Crippen LogP contribution >= 0.6 is 11.8 Å². The second kappa shape index (κ2) is 5.62. The molecule has 1 aliphatic heterocycles. The fourth-order valence-corrected chi connectivity index (χ4v) is 3.16. The van der Waals surface area contributed by atoms with Crippen LogP contribution in [0.25, 0.3) is 0 Å². The van der Waals surface area contributed by atoms with Gasteiger partial charge in [-0.2, -0.15) is 0 Å². The number of fused-ring (bicyclic) bond motifs is 1. The van der Waals surface area contributed by atoms with Crippen molar-refractivity contribution in [3.63, 3.8) is 0 Å². The molecule has 0 bridgehead atoms. The van der Waals surface area contributed by atoms with Crippen molar-refractivity contribution < 1.29 is 0 Å². The lowest BCUT2D eigenvalue weighted by Crippen LogP contribution is -2.12. The van der Waals surface area contributed by atoms with Crippen molar-refractivity contribution in [1.29, 1.82) is 5.41 Å². The molecule has 0 fully saturated rings. The summed E-state index contributed by atoms with van der Waals surface area (Å²) in [4.78, 5) is 5.04. The summed E-state index contributed by atoms with van der Waals surface area (Å²) >= 11 is 1.55. The summed E-state index contributed by atoms with van der Waals surface area (Å²) in [6.45, 7) is 0.981. The summed E-state index contributed by atoms with van der Waals surface area (Å²) in [6, 6.07) is 3.71. The summed E-state index contributed by atoms with van der Waals surface area (Å²) in [5.74, 6) is 1.05. The second-order valence-electron chi connectivity index (χ2n) is 4.75. The molecule has 0 amide bonds. The molecular formula is C13H16N6S. The Bertz CT molecular complexity index is 636. The maximum atomic E-state index is 7.44. The number of pyridine rings is 1. The predicted octanol–water partition coefficient (Wildman–Crippen LogP) is 1.83. The van der Waals surface area contributed by atoms with Crippen LogP contribution in [0.3, 0.4) is 0 Å². The van der Waals surface area contributed by atoms with Gasteiger partial charge in [0.15, 0.2) is 5.16 Å². The molecule has 0 unspecified atom stereocenters. The highest BCUT2D eigenvalue weighted by atomic mass is 32.2. The van der Waals surface area contributed by atoms with Gasteiger partial charge in [0.25, 0.3) is 0 Å². The van der Waals surface area contributed by atoms with E-state index in [2.05, 4.69) is 19.7 Å². The van der Waals surface area contributed by atoms with E-state index in [0.717, 1.165) is 28.8 Å². The van der Waals surface area contributed by atoms with Gasteiger partial charge in [-0.15, -0.1) is 10.2 Å². The normalized spacial score (nSPS) is 14.6. The minimum absolute atomic E-state index is 0.0208. The van der Waals surface area contributed by atoms with Gasteiger partial charge < -0.3 is 10.3 Å². The highest BCUT2D eigenvalue weighted by Crippen LogP contribution is 2.28. The van der Waals surface area contributed by atoms with E-state index in [1.807, 2.05) is 12.1 Å². The van der Waals surface area contributed by atoms with Crippen molar-refractivity contribution in [3.8, 4) is 0 Å². The maximum absolute atomic E-state index is 7.44. The quantitative estimate of drug-likeness (QED) is 0.664. The molecule has 0 spiro atoms. The third kappa shape index (κ3) is 2.67. The Morgan fingerprint density at radius 3 is 3.05 bits per heavy atom. The minimum atomic E-state index is -0.0208. The number of rotatable bonds is 3. The molecule has 7 heteroatoms. The van der Waals surface area contributed by atoms with Crippen molar-refractivity contribution in [1.82, 2.24) is 19.7 Å². The first kappa shape index (κ1) is 13.1. The predicted molar refractivity (Wildman–Crippen MR) is 77.0 cm³/mol. The monoisotopic (exact) mass is 288 g/mol. The Morgan fingerprint density at radius 1 is 1.30 bits per heavy atom. The summed E-state index contributed by atoms with van der Waals surface area (Å²) in [5.41, 5.74) is 5.96. The topological polar surface area (TPSA) is 93.5 Å². The summed E-state index contributed by atoms with van der Waals surface area (Å²) in [6.07, 6.45) is 6.28. The van der Waals surface area contributed by atoms with Gasteiger partial charge in [-0.05, 0) is 36.7 Å². The zero-order valence-electron chi connectivity index (χ0n) is 11.0. The van der Waals surface area contributed by atoms with E-state index in [1.54, 1.807) is 18.0 Å². The molecule has 2 aromatic heterocycles. The molecule has 0 aromatic carbocycles. The number of nitrogens with zero attached hydrogens (tertiary/aromatic N) is 4. The van der Waals surface area contributed by atoms with Crippen LogP contribution in [0.4, 0.5) is 0 Å². The van der Waals surface area contributed by atoms with Crippen LogP contribution < -0.4 is 5.73 Å². The number of aromatic nitrogens is 4. The van der Waals surface area contributed by atoms with Gasteiger partial charge in [-0.25, -0.2) is 0 Å². The summed E-state index contributed by atoms with van der Waals surface area (Å²) in [7, 11) is 0. The summed E-state index contributed by atoms with van der Waals surface area (Å²) < 4.78 is 2.20. The zero-order chi connectivity index (χ0) is 13.9. The van der Waals surface area contributed by atoms with E-state index in [0.29, 0.717) is 5.69 Å². The van der Waals surface area contributed by atoms with E-state index in [-0.39, 0.29) is 5.84 Å². The fraction of sp³-hybridized carbons (Fsp3) is 0.385. The number of nitrogens with one attached hydrogen (secondary N) is 1. The fourth-order valence-electron chi connectivity index (χ4n) is 2.26. The molecule has 0 atom stereocenters. The number of hydrogen-bond acceptors (Lipinski definition) is 5. The third-order valence-electron chi connectivity index (χ3n) is 3.29. The lowest BCUT2D eigenvalue weighted by Gasteiger charge is -2.06. The number of nitrogens with two attached hydrogens (primary N) is 1. The Balaban J connectivity index is 1.86. The molecule has 20 heavy (non-hydrogen) atoms. The molecular weight excluding hydrogens is 272 g/mol. The Hall–Kier alpha value is -1.89. The molecule has 0 radical (unpaired) electrons. The van der Waals surface area contributed by atoms with E-state index < -0.39 is 0 Å². The summed E-state index contributed by atoms with van der Waals surface area (Å²) in [5, 5.41) is 16.9. The van der Waals surface area contributed by atoms with Gasteiger partial charge in [0.2, 0.25) is 0 Å². The van der Waals surface area contributed by atoms with Crippen LogP contribution in [0.5, 0.6) is 0 Å². The van der Waals surface area contributed by atoms with Crippen LogP contribution in [-0.4, -0.2) is 25.6 Å². The Labute approximate surface area is 121 Å². The van der Waals surface area contributed by atoms with Crippen LogP contribution in [0.15, 0.2) is 28.4 Å². The van der Waals surface area contributed by atoms with Crippen LogP contribution in [0, 0.1) is 5.41 Å². The van der Waals surface area contributed by atoms with Gasteiger partial charge in [0, 0.05) is 24.1 Å². The Morgan fingerprint density at radius 2 is 2.20 bits per heavy atom. The number of hydrogen-bond donors (Lipinski definition) is 2. The highest BCUT2D eigenvalue weighted by molar-refractivity contribution is 7.99. The van der Waals surface area contributed by atoms with Gasteiger partial charge in [-0.3, -0.25) is 10.4 Å². The first-order valence-corrected chi connectivity index (χ1v) is 7.46. The molecule has 3 heterocycles. The van der Waals surface area contributed by atoms with Crippen molar-refractivity contribution in [2.24, 2.45) is 5.73 Å². The van der Waals surface area contributed by atoms with Crippen LogP contribution in [0.1, 0.15) is 30.8 Å². The van der Waals surface area contributed by atoms with E-state index >= 15 is 0 Å². The van der Waals surface area contributed by atoms with E-state index in [1.165, 1.54) is 19.3 Å². The largest absolute Gasteiger partial charge is 0.382 e. The maximum Gasteiger partial charge on any atom is 0.196 e. The van der Waals surface area contributed by atoms with Crippen molar-refractivity contribution in [3.05, 3.63) is 29.8 Å². The number of amidine groups is 1. The lowest BCUT2D eigenvalue weighted by atomic mass is 10.2. The number of aryl methyl sites for hydroxylation is 1. The molecule has 0 aliphatic carbocycles. The molecule has 104 valence electrons. The van der Waals surface area contributed by atoms with Gasteiger partial charge in [0.05, 0.1) is 0 Å². The lowest BCUT2D eigenvalue weighted by molar-refractivity contribution is 0.591. The van der Waals surface area contributed by atoms with Crippen molar-refractivity contribution in [2.45, 2.75) is 42.3 Å². The SMILES string of the molecule is N=C(N)c1cc(Sc2nnc3n2CCCCC3)ccn1. The van der Waals surface area contributed by atoms with Crippen molar-refractivity contribution in [2.75, 3.05) is 0 Å². The van der Waals surface area contributed by atoms with E-state index in [4.69, 9.17) is 11.1 Å². The molecule has 1 aliphatic rings. The molecule has 0 saturated heterocycles. The smallest absolute Gasteiger partial charge is 0.196 e. The highest BCUT2D eigenvalue weighted by Gasteiger charge is 2.15. The molecule has 3 rings (SSSR count). The van der Waals surface area contributed by atoms with Crippen LogP contribution in [-0.2, 0) is 13.0 Å². The Kier molecular flexibility index (Phi) is 3.68. The zero-order valence-corrected chi connectivity index (χ0v) is 11.9. The molecule has 2 aromatic rings. The molecule has 3 N–H and O–H groups in total. The average molecular weight is 288 g/mol. The minimum Gasteiger partial charge on any atom is -0.382 e. The van der Waals surface area contributed by atoms with Gasteiger partial charge in [0.1, 0.15) is 17.4 Å². The first-order chi connectivity index (χ1) is 9.74. The van der Waals surface area contributed by atoms with Gasteiger partial charge in [-0.1, -0.05) is 6.42 Å². The second-order valence-corrected chi connectivity index (χ2v) is 5.79. The molecule has 0 saturated carbocycles. The number of nitrogen functional groups attached to an aromatic ring is 1. The van der Waals surface area contributed by atoms with Crippen LogP contribution in [0.2, 0.25) is 0 Å². The van der Waals surface area contributed by atoms with E-state index in [9.17, 15) is 0 Å². The standard InChI is InChI=1S/C13H16N6S/c14-12(15)10-8-9(5-6-16-10)20-13-18-17-11-4-2-1-3-7-19(11)13/h5-6,8H,1-4,7H2,(H3,14,15). The first-order valence-electron chi connectivity index (χ1n) is 6.64. The third-order valence-corrected chi connectivity index (χ3v) is 4.27. The molecule has 6 nitrogen and oxygen atoms in total.